The Morgan fingerprint density at radius 3 is 2.75 bits per heavy atom. The van der Waals surface area contributed by atoms with Crippen LogP contribution in [-0.2, 0) is 6.61 Å². The number of nitrogens with zero attached hydrogens (tertiary/aromatic N) is 2. The van der Waals surface area contributed by atoms with Gasteiger partial charge in [0.25, 0.3) is 11.5 Å². The lowest BCUT2D eigenvalue weighted by Crippen LogP contribution is -2.32. The van der Waals surface area contributed by atoms with E-state index in [9.17, 15) is 9.59 Å². The molecule has 0 aliphatic heterocycles. The molecule has 28 heavy (non-hydrogen) atoms. The number of rotatable bonds is 6. The van der Waals surface area contributed by atoms with E-state index in [0.29, 0.717) is 17.0 Å². The van der Waals surface area contributed by atoms with Gasteiger partial charge in [0, 0.05) is 6.20 Å². The third kappa shape index (κ3) is 4.19. The van der Waals surface area contributed by atoms with Crippen molar-refractivity contribution in [3.05, 3.63) is 93.9 Å². The lowest BCUT2D eigenvalue weighted by molar-refractivity contribution is 0.0862. The van der Waals surface area contributed by atoms with E-state index in [1.54, 1.807) is 43.5 Å². The summed E-state index contributed by atoms with van der Waals surface area (Å²) < 4.78 is 6.16. The zero-order valence-corrected chi connectivity index (χ0v) is 15.1. The Labute approximate surface area is 161 Å². The fourth-order valence-electron chi connectivity index (χ4n) is 2.54. The first-order chi connectivity index (χ1) is 13.6. The maximum Gasteiger partial charge on any atom is 0.295 e. The molecule has 0 radical (unpaired) electrons. The van der Waals surface area contributed by atoms with E-state index >= 15 is 0 Å². The number of hydrogen-bond donors (Lipinski definition) is 1. The summed E-state index contributed by atoms with van der Waals surface area (Å²) in [6.07, 6.45) is 1.43. The Kier molecular flexibility index (Phi) is 5.72. The third-order valence-electron chi connectivity index (χ3n) is 3.96. The van der Waals surface area contributed by atoms with Gasteiger partial charge in [-0.15, -0.1) is 0 Å². The molecule has 0 bridgehead atoms. The molecule has 0 aliphatic rings. The van der Waals surface area contributed by atoms with E-state index in [0.717, 1.165) is 10.3 Å². The molecule has 7 nitrogen and oxygen atoms in total. The third-order valence-corrected chi connectivity index (χ3v) is 3.96. The average molecular weight is 375 g/mol. The highest BCUT2D eigenvalue weighted by Gasteiger charge is 2.14. The van der Waals surface area contributed by atoms with Crippen LogP contribution in [-0.4, -0.2) is 17.7 Å². The van der Waals surface area contributed by atoms with Gasteiger partial charge < -0.3 is 14.9 Å². The lowest BCUT2D eigenvalue weighted by Gasteiger charge is -2.11. The largest absolute Gasteiger partial charge is 0.497 e. The summed E-state index contributed by atoms with van der Waals surface area (Å²) in [6.45, 7) is 0.124. The van der Waals surface area contributed by atoms with Gasteiger partial charge in [-0.05, 0) is 42.0 Å². The molecule has 1 heterocycles. The molecule has 140 valence electrons. The molecule has 1 amide bonds. The van der Waals surface area contributed by atoms with Crippen molar-refractivity contribution in [1.82, 2.24) is 4.73 Å². The van der Waals surface area contributed by atoms with Crippen molar-refractivity contribution in [1.29, 1.82) is 5.26 Å². The summed E-state index contributed by atoms with van der Waals surface area (Å²) in [7, 11) is 1.57. The van der Waals surface area contributed by atoms with Crippen LogP contribution in [0.4, 0.5) is 5.69 Å². The van der Waals surface area contributed by atoms with Gasteiger partial charge in [0.15, 0.2) is 0 Å². The van der Waals surface area contributed by atoms with E-state index in [2.05, 4.69) is 5.32 Å². The molecule has 7 heteroatoms. The highest BCUT2D eigenvalue weighted by atomic mass is 16.7. The van der Waals surface area contributed by atoms with E-state index < -0.39 is 11.5 Å². The number of amides is 1. The molecule has 3 rings (SSSR count). The molecule has 0 spiro atoms. The number of carbonyl (C=O) groups is 1. The summed E-state index contributed by atoms with van der Waals surface area (Å²) in [4.78, 5) is 30.6. The predicted molar refractivity (Wildman–Crippen MR) is 103 cm³/mol. The molecular formula is C21H17N3O4. The Morgan fingerprint density at radius 1 is 1.14 bits per heavy atom. The molecule has 1 aromatic heterocycles. The van der Waals surface area contributed by atoms with E-state index in [-0.39, 0.29) is 12.2 Å². The van der Waals surface area contributed by atoms with Crippen molar-refractivity contribution in [3.63, 3.8) is 0 Å². The van der Waals surface area contributed by atoms with Crippen LogP contribution in [0.5, 0.6) is 5.75 Å². The van der Waals surface area contributed by atoms with Crippen LogP contribution >= 0.6 is 0 Å². The van der Waals surface area contributed by atoms with Crippen LogP contribution in [0, 0.1) is 11.3 Å². The van der Waals surface area contributed by atoms with Gasteiger partial charge in [0.05, 0.1) is 18.4 Å². The number of anilines is 1. The van der Waals surface area contributed by atoms with Crippen molar-refractivity contribution >= 4 is 11.6 Å². The van der Waals surface area contributed by atoms with Crippen LogP contribution in [0.2, 0.25) is 0 Å². The topological polar surface area (TPSA) is 93.3 Å². The lowest BCUT2D eigenvalue weighted by atomic mass is 10.2. The molecule has 0 saturated carbocycles. The minimum atomic E-state index is -0.618. The number of hydrogen-bond acceptors (Lipinski definition) is 5. The zero-order valence-electron chi connectivity index (χ0n) is 15.1. The molecule has 3 aromatic rings. The number of benzene rings is 2. The molecule has 0 saturated heterocycles. The number of aromatic nitrogens is 1. The molecule has 2 aromatic carbocycles. The molecular weight excluding hydrogens is 358 g/mol. The zero-order chi connectivity index (χ0) is 19.9. The Bertz CT molecular complexity index is 1100. The van der Waals surface area contributed by atoms with Crippen LogP contribution < -0.4 is 20.5 Å². The number of carbonyl (C=O) groups excluding carboxylic acids is 1. The first-order valence-corrected chi connectivity index (χ1v) is 8.40. The molecule has 0 unspecified atom stereocenters. The molecule has 0 fully saturated rings. The van der Waals surface area contributed by atoms with Crippen molar-refractivity contribution in [2.24, 2.45) is 0 Å². The van der Waals surface area contributed by atoms with Gasteiger partial charge in [-0.1, -0.05) is 24.3 Å². The fraction of sp³-hybridized carbons (Fsp3) is 0.0952. The van der Waals surface area contributed by atoms with Gasteiger partial charge in [-0.25, -0.2) is 0 Å². The van der Waals surface area contributed by atoms with Gasteiger partial charge in [-0.2, -0.15) is 9.99 Å². The second kappa shape index (κ2) is 8.56. The van der Waals surface area contributed by atoms with Gasteiger partial charge >= 0.3 is 0 Å². The van der Waals surface area contributed by atoms with Crippen LogP contribution in [0.3, 0.4) is 0 Å². The van der Waals surface area contributed by atoms with Gasteiger partial charge in [0.1, 0.15) is 24.0 Å². The first kappa shape index (κ1) is 18.7. The Hall–Kier alpha value is -4.05. The Balaban J connectivity index is 1.78. The fourth-order valence-corrected chi connectivity index (χ4v) is 2.54. The van der Waals surface area contributed by atoms with Crippen LogP contribution in [0.25, 0.3) is 0 Å². The van der Waals surface area contributed by atoms with E-state index in [4.69, 9.17) is 14.8 Å². The molecule has 0 atom stereocenters. The number of nitrogens with one attached hydrogen (secondary N) is 1. The normalized spacial score (nSPS) is 10.0. The second-order valence-corrected chi connectivity index (χ2v) is 5.79. The molecule has 1 N–H and O–H groups in total. The summed E-state index contributed by atoms with van der Waals surface area (Å²) >= 11 is 0. The number of para-hydroxylation sites is 1. The number of methoxy groups -OCH3 is 1. The minimum absolute atomic E-state index is 0.0964. The predicted octanol–water partition coefficient (Wildman–Crippen LogP) is 2.61. The summed E-state index contributed by atoms with van der Waals surface area (Å²) in [5, 5.41) is 11.7. The number of ether oxygens (including phenoxy) is 1. The first-order valence-electron chi connectivity index (χ1n) is 8.40. The molecule has 0 aliphatic carbocycles. The van der Waals surface area contributed by atoms with E-state index in [1.807, 2.05) is 18.2 Å². The standard InChI is InChI=1S/C21H17N3O4/c1-27-17-8-4-6-15(12-17)14-28-24-11-5-9-18(21(24)26)20(25)23-19-10-3-2-7-16(19)13-22/h2-12H,14H2,1H3,(H,23,25). The Morgan fingerprint density at radius 2 is 1.96 bits per heavy atom. The minimum Gasteiger partial charge on any atom is -0.497 e. The number of nitriles is 1. The summed E-state index contributed by atoms with van der Waals surface area (Å²) in [5.41, 5.74) is 0.755. The summed E-state index contributed by atoms with van der Waals surface area (Å²) in [6, 6.07) is 18.7. The quantitative estimate of drug-likeness (QED) is 0.715. The van der Waals surface area contributed by atoms with Gasteiger partial charge in [0.2, 0.25) is 0 Å². The highest BCUT2D eigenvalue weighted by Crippen LogP contribution is 2.14. The highest BCUT2D eigenvalue weighted by molar-refractivity contribution is 6.04. The maximum atomic E-state index is 12.6. The van der Waals surface area contributed by atoms with Crippen molar-refractivity contribution in [3.8, 4) is 11.8 Å². The maximum absolute atomic E-state index is 12.6. The van der Waals surface area contributed by atoms with Crippen LogP contribution in [0.1, 0.15) is 21.5 Å². The van der Waals surface area contributed by atoms with Crippen molar-refractivity contribution in [2.75, 3.05) is 12.4 Å². The van der Waals surface area contributed by atoms with E-state index in [1.165, 1.54) is 18.3 Å². The second-order valence-electron chi connectivity index (χ2n) is 5.79. The summed E-state index contributed by atoms with van der Waals surface area (Å²) in [5.74, 6) is 0.0600. The monoisotopic (exact) mass is 375 g/mol. The van der Waals surface area contributed by atoms with Crippen LogP contribution in [0.15, 0.2) is 71.7 Å². The number of pyridine rings is 1. The average Bonchev–Trinajstić information content (AvgIpc) is 2.73. The SMILES string of the molecule is COc1cccc(COn2cccc(C(=O)Nc3ccccc3C#N)c2=O)c1. The smallest absolute Gasteiger partial charge is 0.295 e. The van der Waals surface area contributed by atoms with Crippen molar-refractivity contribution < 1.29 is 14.4 Å². The van der Waals surface area contributed by atoms with Gasteiger partial charge in [-0.3, -0.25) is 9.59 Å². The van der Waals surface area contributed by atoms with Crippen molar-refractivity contribution in [2.45, 2.75) is 6.61 Å².